The molecule has 0 saturated heterocycles. The fourth-order valence-electron chi connectivity index (χ4n) is 12.8. The first-order chi connectivity index (χ1) is 55.0. The minimum atomic E-state index is -1.23. The van der Waals surface area contributed by atoms with E-state index in [0.29, 0.717) is 60.4 Å². The monoisotopic (exact) mass is 1720 g/mol. The van der Waals surface area contributed by atoms with Crippen LogP contribution in [0.3, 0.4) is 0 Å². The number of aromatic amines is 1. The Morgan fingerprint density at radius 1 is 0.513 bits per heavy atom. The molecule has 0 spiro atoms. The zero-order valence-corrected chi connectivity index (χ0v) is 73.6. The number of halogens is 1. The second kappa shape index (κ2) is 39.0. The van der Waals surface area contributed by atoms with Crippen LogP contribution in [-0.4, -0.2) is 156 Å². The summed E-state index contributed by atoms with van der Waals surface area (Å²) in [6.45, 7) is 27.2. The molecule has 3 aliphatic carbocycles. The summed E-state index contributed by atoms with van der Waals surface area (Å²) in [4.78, 5) is 55.7. The van der Waals surface area contributed by atoms with Crippen LogP contribution in [0, 0.1) is 0 Å². The number of pyridine rings is 6. The van der Waals surface area contributed by atoms with Crippen LogP contribution in [0.25, 0.3) is 33.1 Å². The van der Waals surface area contributed by atoms with Crippen molar-refractivity contribution < 1.29 is 28.5 Å². The minimum Gasteiger partial charge on any atom is -0.442 e. The van der Waals surface area contributed by atoms with Crippen molar-refractivity contribution in [2.45, 2.75) is 218 Å². The smallest absolute Gasteiger partial charge is 0.435 e. The highest BCUT2D eigenvalue weighted by Gasteiger charge is 2.28. The minimum absolute atomic E-state index is 0.345. The number of hydrogen-bond donors (Lipinski definition) is 5. The van der Waals surface area contributed by atoms with Gasteiger partial charge in [-0.1, -0.05) is 131 Å². The maximum absolute atomic E-state index is 12.4. The average molecular weight is 1720 g/mol. The number of nitrogens with zero attached hydrogens (tertiary/aromatic N) is 19. The highest BCUT2D eigenvalue weighted by Crippen LogP contribution is 2.41. The highest BCUT2D eigenvalue weighted by molar-refractivity contribution is 9.10. The number of anilines is 11. The molecule has 610 valence electrons. The molecule has 36 heteroatoms. The van der Waals surface area contributed by atoms with Crippen LogP contribution in [0.5, 0.6) is 0 Å². The third kappa shape index (κ3) is 25.8. The second-order valence-electron chi connectivity index (χ2n) is 33.3. The van der Waals surface area contributed by atoms with Gasteiger partial charge in [-0.3, -0.25) is 29.9 Å². The Bertz CT molecular complexity index is 5130. The van der Waals surface area contributed by atoms with Crippen molar-refractivity contribution in [3.05, 3.63) is 130 Å². The van der Waals surface area contributed by atoms with Crippen molar-refractivity contribution in [1.82, 2.24) is 90.3 Å². The summed E-state index contributed by atoms with van der Waals surface area (Å²) < 4.78 is 25.9. The normalized spacial score (nSPS) is 14.6. The maximum Gasteiger partial charge on any atom is 0.435 e. The third-order valence-electron chi connectivity index (χ3n) is 18.8. The van der Waals surface area contributed by atoms with Crippen LogP contribution in [0.4, 0.5) is 70.9 Å². The van der Waals surface area contributed by atoms with Gasteiger partial charge in [0.2, 0.25) is 15.4 Å². The Kier molecular flexibility index (Phi) is 28.8. The molecule has 115 heavy (non-hydrogen) atoms. The molecule has 15 rings (SSSR count). The number of nitrogens with one attached hydrogen (secondary N) is 4. The van der Waals surface area contributed by atoms with Crippen LogP contribution in [-0.2, 0) is 18.9 Å². The van der Waals surface area contributed by atoms with Crippen molar-refractivity contribution in [3.63, 3.8) is 0 Å². The lowest BCUT2D eigenvalue weighted by molar-refractivity contribution is 0.0503. The molecule has 0 unspecified atom stereocenters. The molecule has 30 nitrogen and oxygen atoms in total. The highest BCUT2D eigenvalue weighted by atomic mass is 79.9. The van der Waals surface area contributed by atoms with E-state index in [4.69, 9.17) is 34.6 Å². The summed E-state index contributed by atoms with van der Waals surface area (Å²) in [7, 11) is -2.37. The molecule has 6 N–H and O–H groups in total. The molecular formula is C79H105BrN24O6S3Si2. The number of aromatic nitrogens is 18. The molecule has 3 aliphatic rings. The quantitative estimate of drug-likeness (QED) is 0.0226. The van der Waals surface area contributed by atoms with E-state index in [9.17, 15) is 9.59 Å². The van der Waals surface area contributed by atoms with Gasteiger partial charge in [-0.2, -0.15) is 24.7 Å². The first-order valence-electron chi connectivity index (χ1n) is 39.3. The van der Waals surface area contributed by atoms with E-state index in [2.05, 4.69) is 147 Å². The van der Waals surface area contributed by atoms with Crippen LogP contribution in [0.15, 0.2) is 115 Å². The van der Waals surface area contributed by atoms with Gasteiger partial charge in [0.15, 0.2) is 0 Å². The summed E-state index contributed by atoms with van der Waals surface area (Å²) >= 11 is 8.46. The summed E-state index contributed by atoms with van der Waals surface area (Å²) in [6.07, 6.45) is 32.6. The summed E-state index contributed by atoms with van der Waals surface area (Å²) in [5.41, 5.74) is 12.6. The summed E-state index contributed by atoms with van der Waals surface area (Å²) in [5, 5.41) is 57.2. The predicted octanol–water partition coefficient (Wildman–Crippen LogP) is 20.4. The van der Waals surface area contributed by atoms with E-state index in [-0.39, 0.29) is 0 Å². The van der Waals surface area contributed by atoms with E-state index in [1.54, 1.807) is 98.2 Å². The van der Waals surface area contributed by atoms with Gasteiger partial charge in [0, 0.05) is 64.0 Å². The Hall–Kier alpha value is -9.44. The predicted molar refractivity (Wildman–Crippen MR) is 466 cm³/mol. The number of fused-ring (bicyclic) bond motifs is 3. The lowest BCUT2D eigenvalue weighted by Gasteiger charge is -2.22. The van der Waals surface area contributed by atoms with Crippen molar-refractivity contribution in [3.8, 4) is 0 Å². The van der Waals surface area contributed by atoms with Gasteiger partial charge in [0.05, 0.1) is 105 Å². The molecule has 3 fully saturated rings. The fourth-order valence-corrected chi connectivity index (χ4v) is 17.6. The van der Waals surface area contributed by atoms with Crippen molar-refractivity contribution in [2.24, 2.45) is 0 Å². The van der Waals surface area contributed by atoms with Gasteiger partial charge < -0.3 is 40.6 Å². The van der Waals surface area contributed by atoms with Crippen LogP contribution in [0.2, 0.25) is 51.4 Å². The molecule has 12 aromatic rings. The Morgan fingerprint density at radius 2 is 0.965 bits per heavy atom. The topological polar surface area (TPSA) is 359 Å². The molecule has 12 heterocycles. The van der Waals surface area contributed by atoms with E-state index < -0.39 is 39.5 Å². The lowest BCUT2D eigenvalue weighted by Crippen LogP contribution is -2.27. The second-order valence-corrected chi connectivity index (χ2v) is 48.5. The first-order valence-corrected chi connectivity index (χ1v) is 50.0. The number of hydrogen-bond acceptors (Lipinski definition) is 30. The number of ether oxygens (including phenoxy) is 4. The van der Waals surface area contributed by atoms with Crippen LogP contribution < -0.4 is 31.5 Å². The van der Waals surface area contributed by atoms with E-state index in [1.165, 1.54) is 113 Å². The average Bonchev–Trinajstić information content (AvgIpc) is 1.74. The Morgan fingerprint density at radius 3 is 1.44 bits per heavy atom. The maximum atomic E-state index is 12.4. The molecule has 0 bridgehead atoms. The Balaban J connectivity index is 0.000000151. The molecule has 0 radical (unpaired) electrons. The Labute approximate surface area is 693 Å². The molecular weight excluding hydrogens is 1610 g/mol. The summed E-state index contributed by atoms with van der Waals surface area (Å²) in [6, 6.07) is 19.9. The lowest BCUT2D eigenvalue weighted by atomic mass is 9.90. The van der Waals surface area contributed by atoms with Gasteiger partial charge in [-0.15, -0.1) is 30.6 Å². The molecule has 3 saturated carbocycles. The third-order valence-corrected chi connectivity index (χ3v) is 25.9. The standard InChI is InChI=1S/C30H42N8O3SSi.C22H30BrN5OSSi.C19H20N8S.C8H13N3O2/c1-30(2,3)41-29(39)38-19-23(18-32-38)33-22-16-25-24(31-17-22)12-13-26(34-25)37(20-40-14-15-43(4,5)6)28-36-35-27(42-28)21-10-8-7-9-11-21;1-31(2,3)12-11-29-15-28(20-10-9-18-19(25-20)13-17(23)14-24-18)22-27-26-21(30-22)16-7-5-4-6-8-16;1-2-4-12(5-3-1)18-26-27-19(28-18)25-17-7-6-15-16(24-17)8-13(9-20-15)23-14-10-21-22-11-14;1-8(2,3)13-7(12)11-5-6(9)4-10-11/h12-13,16-19,21,33H,7-11,14-15,20H2,1-6H3;9-10,13-14,16H,4-8,11-12,15H2,1-3H3;6-12,23H,1-5H2,(H,21,22)(H,24,25,27);4-5H,9H2,1-3H3. The molecule has 0 amide bonds. The molecule has 12 aromatic heterocycles. The zero-order valence-electron chi connectivity index (χ0n) is 67.6. The van der Waals surface area contributed by atoms with Crippen molar-refractivity contribution in [2.75, 3.05) is 58.2 Å². The van der Waals surface area contributed by atoms with Crippen molar-refractivity contribution >= 4 is 173 Å². The molecule has 0 aromatic carbocycles. The van der Waals surface area contributed by atoms with Crippen molar-refractivity contribution in [1.29, 1.82) is 0 Å². The van der Waals surface area contributed by atoms with Crippen LogP contribution in [0.1, 0.15) is 171 Å². The van der Waals surface area contributed by atoms with Crippen LogP contribution >= 0.6 is 49.9 Å². The number of H-pyrrole nitrogens is 1. The van der Waals surface area contributed by atoms with E-state index in [1.807, 2.05) is 80.3 Å². The number of carbonyl (C=O) groups excluding carboxylic acids is 2. The number of nitrogen functional groups attached to an aromatic ring is 1. The van der Waals surface area contributed by atoms with Gasteiger partial charge >= 0.3 is 12.2 Å². The number of rotatable bonds is 23. The van der Waals surface area contributed by atoms with Gasteiger partial charge in [0.1, 0.15) is 57.1 Å². The number of nitrogens with two attached hydrogens (primary N) is 1. The number of carbonyl (C=O) groups is 2. The molecule has 0 aliphatic heterocycles. The SMILES string of the molecule is CC(C)(C)OC(=O)n1cc(N)cn1.CC(C)(C)OC(=O)n1cc(Nc2cnc3ccc(N(COCC[Si](C)(C)C)c4nnc(C5CCCCC5)s4)nc3c2)cn1.C[Si](C)(C)CCOCN(c1ccc2ncc(Br)cc2n1)c1nnc(C2CCCCC2)s1.c1n[nH]cc1Nc1cnc2ccc(Nc3nnc(C4CCCCC4)s3)nc2c1. The summed E-state index contributed by atoms with van der Waals surface area (Å²) in [5.74, 6) is 3.86. The van der Waals surface area contributed by atoms with Gasteiger partial charge in [-0.25, -0.2) is 24.5 Å². The largest absolute Gasteiger partial charge is 0.442 e. The fraction of sp³-hybridized carbons (Fsp3) is 0.481. The zero-order chi connectivity index (χ0) is 81.3. The molecule has 0 atom stereocenters. The van der Waals surface area contributed by atoms with E-state index >= 15 is 0 Å². The first kappa shape index (κ1) is 84.9. The van der Waals surface area contributed by atoms with Gasteiger partial charge in [-0.05, 0) is 163 Å². The van der Waals surface area contributed by atoms with Gasteiger partial charge in [0.25, 0.3) is 0 Å². The van der Waals surface area contributed by atoms with E-state index in [0.717, 1.165) is 115 Å².